The molecule has 3 atom stereocenters. The van der Waals surface area contributed by atoms with Crippen molar-refractivity contribution < 1.29 is 9.53 Å². The van der Waals surface area contributed by atoms with Gasteiger partial charge in [0.15, 0.2) is 0 Å². The number of ether oxygens (including phenoxy) is 1. The average molecular weight is 383 g/mol. The van der Waals surface area contributed by atoms with Crippen LogP contribution < -0.4 is 10.6 Å². The number of nitrogens with one attached hydrogen (secondary N) is 2. The summed E-state index contributed by atoms with van der Waals surface area (Å²) in [6.07, 6.45) is 5.50. The van der Waals surface area contributed by atoms with Gasteiger partial charge in [-0.25, -0.2) is 0 Å². The van der Waals surface area contributed by atoms with Crippen LogP contribution in [-0.2, 0) is 4.74 Å². The van der Waals surface area contributed by atoms with E-state index >= 15 is 0 Å². The number of rotatable bonds is 5. The van der Waals surface area contributed by atoms with Gasteiger partial charge in [0.25, 0.3) is 5.91 Å². The second kappa shape index (κ2) is 7.75. The van der Waals surface area contributed by atoms with E-state index in [1.54, 1.807) is 7.11 Å². The second-order valence-electron chi connectivity index (χ2n) is 7.05. The van der Waals surface area contributed by atoms with Crippen molar-refractivity contribution in [1.82, 2.24) is 5.32 Å². The maximum absolute atomic E-state index is 12.4. The van der Waals surface area contributed by atoms with Crippen molar-refractivity contribution in [3.63, 3.8) is 0 Å². The third kappa shape index (κ3) is 3.47. The summed E-state index contributed by atoms with van der Waals surface area (Å²) in [6.45, 7) is 1.01. The predicted molar refractivity (Wildman–Crippen MR) is 108 cm³/mol. The largest absolute Gasteiger partial charge is 0.383 e. The molecular weight excluding hydrogens is 360 g/mol. The second-order valence-corrected chi connectivity index (χ2v) is 7.45. The minimum absolute atomic E-state index is 0.0680. The molecule has 1 amide bonds. The Balaban J connectivity index is 1.64. The maximum atomic E-state index is 12.4. The van der Waals surface area contributed by atoms with E-state index < -0.39 is 0 Å². The molecule has 2 aromatic rings. The van der Waals surface area contributed by atoms with Gasteiger partial charge < -0.3 is 15.4 Å². The van der Waals surface area contributed by atoms with Crippen LogP contribution in [0.25, 0.3) is 0 Å². The Bertz CT molecular complexity index is 880. The predicted octanol–water partition coefficient (Wildman–Crippen LogP) is 4.54. The Morgan fingerprint density at radius 3 is 2.93 bits per heavy atom. The van der Waals surface area contributed by atoms with Crippen LogP contribution in [0.1, 0.15) is 39.9 Å². The van der Waals surface area contributed by atoms with E-state index in [0.29, 0.717) is 24.6 Å². The lowest BCUT2D eigenvalue weighted by atomic mass is 9.76. The average Bonchev–Trinajstić information content (AvgIpc) is 3.18. The monoisotopic (exact) mass is 382 g/mol. The maximum Gasteiger partial charge on any atom is 0.251 e. The Labute approximate surface area is 164 Å². The molecule has 3 unspecified atom stereocenters. The Morgan fingerprint density at radius 1 is 1.26 bits per heavy atom. The van der Waals surface area contributed by atoms with Crippen molar-refractivity contribution in [3.05, 3.63) is 76.3 Å². The Hall–Kier alpha value is -2.30. The van der Waals surface area contributed by atoms with Crippen LogP contribution in [0, 0.1) is 5.92 Å². The van der Waals surface area contributed by atoms with Gasteiger partial charge in [0, 0.05) is 35.8 Å². The molecule has 0 spiro atoms. The number of amides is 1. The number of methoxy groups -OCH3 is 1. The summed E-state index contributed by atoms with van der Waals surface area (Å²) < 4.78 is 4.99. The van der Waals surface area contributed by atoms with Crippen LogP contribution in [0.4, 0.5) is 5.69 Å². The molecular formula is C22H23ClN2O2. The molecule has 1 aliphatic heterocycles. The topological polar surface area (TPSA) is 50.4 Å². The quantitative estimate of drug-likeness (QED) is 0.589. The highest BCUT2D eigenvalue weighted by Crippen LogP contribution is 2.50. The lowest BCUT2D eigenvalue weighted by molar-refractivity contribution is 0.0937. The fraction of sp³-hybridized carbons (Fsp3) is 0.318. The molecule has 4 nitrogen and oxygen atoms in total. The van der Waals surface area contributed by atoms with E-state index in [4.69, 9.17) is 16.3 Å². The number of halogens is 1. The molecule has 5 heteroatoms. The van der Waals surface area contributed by atoms with Crippen molar-refractivity contribution in [2.75, 3.05) is 25.6 Å². The van der Waals surface area contributed by atoms with Crippen LogP contribution in [0.3, 0.4) is 0 Å². The van der Waals surface area contributed by atoms with Crippen LogP contribution in [-0.4, -0.2) is 26.2 Å². The highest BCUT2D eigenvalue weighted by Gasteiger charge is 2.38. The molecule has 2 aromatic carbocycles. The highest BCUT2D eigenvalue weighted by molar-refractivity contribution is 6.31. The highest BCUT2D eigenvalue weighted by atomic mass is 35.5. The smallest absolute Gasteiger partial charge is 0.251 e. The van der Waals surface area contributed by atoms with Gasteiger partial charge in [-0.1, -0.05) is 42.0 Å². The van der Waals surface area contributed by atoms with Crippen molar-refractivity contribution in [1.29, 1.82) is 0 Å². The molecule has 0 bridgehead atoms. The molecule has 140 valence electrons. The zero-order chi connectivity index (χ0) is 18.8. The Kier molecular flexibility index (Phi) is 5.19. The number of carbonyl (C=O) groups excluding carboxylic acids is 1. The molecule has 27 heavy (non-hydrogen) atoms. The fourth-order valence-electron chi connectivity index (χ4n) is 4.14. The molecule has 2 aliphatic rings. The molecule has 1 heterocycles. The first-order valence-electron chi connectivity index (χ1n) is 9.27. The summed E-state index contributed by atoms with van der Waals surface area (Å²) in [5.41, 5.74) is 4.06. The number of anilines is 1. The van der Waals surface area contributed by atoms with E-state index in [2.05, 4.69) is 28.9 Å². The third-order valence-electron chi connectivity index (χ3n) is 5.46. The van der Waals surface area contributed by atoms with E-state index in [9.17, 15) is 4.79 Å². The summed E-state index contributed by atoms with van der Waals surface area (Å²) in [5, 5.41) is 7.35. The molecule has 0 fully saturated rings. The SMILES string of the molecule is COCCNC(=O)c1ccc2c(c1)C1C=CCC1C(c1ccccc1Cl)N2. The first-order valence-corrected chi connectivity index (χ1v) is 9.65. The summed E-state index contributed by atoms with van der Waals surface area (Å²) in [4.78, 5) is 12.4. The van der Waals surface area contributed by atoms with Gasteiger partial charge >= 0.3 is 0 Å². The molecule has 0 radical (unpaired) electrons. The molecule has 4 rings (SSSR count). The van der Waals surface area contributed by atoms with E-state index in [0.717, 1.165) is 22.7 Å². The lowest BCUT2D eigenvalue weighted by Crippen LogP contribution is -2.30. The standard InChI is InChI=1S/C22H23ClN2O2/c1-27-12-11-24-22(26)14-9-10-20-18(13-14)15-6-4-7-16(15)21(25-20)17-5-2-3-8-19(17)23/h2-6,8-10,13,15-16,21,25H,7,11-12H2,1H3,(H,24,26). The summed E-state index contributed by atoms with van der Waals surface area (Å²) in [5.74, 6) is 0.611. The molecule has 1 aliphatic carbocycles. The van der Waals surface area contributed by atoms with Crippen molar-refractivity contribution in [3.8, 4) is 0 Å². The number of hydrogen-bond donors (Lipinski definition) is 2. The molecule has 0 aromatic heterocycles. The zero-order valence-corrected chi connectivity index (χ0v) is 16.0. The molecule has 0 saturated carbocycles. The van der Waals surface area contributed by atoms with Gasteiger partial charge in [-0.05, 0) is 47.7 Å². The van der Waals surface area contributed by atoms with Crippen molar-refractivity contribution in [2.24, 2.45) is 5.92 Å². The first kappa shape index (κ1) is 18.1. The van der Waals surface area contributed by atoms with E-state index in [1.807, 2.05) is 36.4 Å². The van der Waals surface area contributed by atoms with Gasteiger partial charge in [0.2, 0.25) is 0 Å². The van der Waals surface area contributed by atoms with Gasteiger partial charge in [-0.15, -0.1) is 0 Å². The first-order chi connectivity index (χ1) is 13.2. The summed E-state index contributed by atoms with van der Waals surface area (Å²) >= 11 is 6.48. The van der Waals surface area contributed by atoms with E-state index in [-0.39, 0.29) is 17.9 Å². The normalized spacial score (nSPS) is 22.7. The summed E-state index contributed by atoms with van der Waals surface area (Å²) in [7, 11) is 1.62. The molecule has 2 N–H and O–H groups in total. The van der Waals surface area contributed by atoms with Crippen LogP contribution >= 0.6 is 11.6 Å². The van der Waals surface area contributed by atoms with Gasteiger partial charge in [0.1, 0.15) is 0 Å². The van der Waals surface area contributed by atoms with Crippen molar-refractivity contribution >= 4 is 23.2 Å². The number of allylic oxidation sites excluding steroid dienone is 2. The number of fused-ring (bicyclic) bond motifs is 3. The summed E-state index contributed by atoms with van der Waals surface area (Å²) in [6, 6.07) is 14.1. The Morgan fingerprint density at radius 2 is 2.11 bits per heavy atom. The number of benzene rings is 2. The van der Waals surface area contributed by atoms with Crippen LogP contribution in [0.15, 0.2) is 54.6 Å². The van der Waals surface area contributed by atoms with Gasteiger partial charge in [0.05, 0.1) is 12.6 Å². The minimum atomic E-state index is -0.0680. The number of carbonyl (C=O) groups is 1. The van der Waals surface area contributed by atoms with E-state index in [1.165, 1.54) is 5.56 Å². The van der Waals surface area contributed by atoms with Gasteiger partial charge in [-0.3, -0.25) is 4.79 Å². The van der Waals surface area contributed by atoms with Crippen LogP contribution in [0.2, 0.25) is 5.02 Å². The molecule has 0 saturated heterocycles. The minimum Gasteiger partial charge on any atom is -0.383 e. The van der Waals surface area contributed by atoms with Crippen molar-refractivity contribution in [2.45, 2.75) is 18.4 Å². The number of hydrogen-bond acceptors (Lipinski definition) is 3. The fourth-order valence-corrected chi connectivity index (χ4v) is 4.39. The van der Waals surface area contributed by atoms with Crippen LogP contribution in [0.5, 0.6) is 0 Å². The van der Waals surface area contributed by atoms with Gasteiger partial charge in [-0.2, -0.15) is 0 Å². The lowest BCUT2D eigenvalue weighted by Gasteiger charge is -2.38. The zero-order valence-electron chi connectivity index (χ0n) is 15.2. The third-order valence-corrected chi connectivity index (χ3v) is 5.80.